The molecule has 1 fully saturated rings. The van der Waals surface area contributed by atoms with Crippen molar-refractivity contribution in [3.05, 3.63) is 47.4 Å². The summed E-state index contributed by atoms with van der Waals surface area (Å²) < 4.78 is 37.0. The molecule has 1 aromatic heterocycles. The standard InChI is InChI=1S/C18H20F2N2O4/c19-13-5-4-6-14(20)16(13)25-10-12-9-15(22-26-12)17(23)21-11-18(24)7-2-1-3-8-18/h4-6,9,24H,1-3,7-8,10-11H2,(H,21,23). The summed E-state index contributed by atoms with van der Waals surface area (Å²) in [5, 5.41) is 16.7. The lowest BCUT2D eigenvalue weighted by molar-refractivity contribution is 0.00517. The number of para-hydroxylation sites is 1. The SMILES string of the molecule is O=C(NCC1(O)CCCCC1)c1cc(COc2c(F)cccc2F)on1. The molecule has 1 heterocycles. The van der Waals surface area contributed by atoms with Crippen LogP contribution in [0.4, 0.5) is 8.78 Å². The summed E-state index contributed by atoms with van der Waals surface area (Å²) in [6, 6.07) is 4.72. The van der Waals surface area contributed by atoms with E-state index in [9.17, 15) is 18.7 Å². The second kappa shape index (κ2) is 7.82. The van der Waals surface area contributed by atoms with Crippen molar-refractivity contribution in [2.24, 2.45) is 0 Å². The van der Waals surface area contributed by atoms with Crippen molar-refractivity contribution in [2.75, 3.05) is 6.54 Å². The highest BCUT2D eigenvalue weighted by Gasteiger charge is 2.30. The van der Waals surface area contributed by atoms with Crippen molar-refractivity contribution in [1.29, 1.82) is 0 Å². The molecule has 1 amide bonds. The molecule has 8 heteroatoms. The lowest BCUT2D eigenvalue weighted by Gasteiger charge is -2.31. The number of carbonyl (C=O) groups excluding carboxylic acids is 1. The summed E-state index contributed by atoms with van der Waals surface area (Å²) in [4.78, 5) is 12.1. The minimum atomic E-state index is -0.883. The van der Waals surface area contributed by atoms with Gasteiger partial charge in [0, 0.05) is 12.6 Å². The van der Waals surface area contributed by atoms with Crippen LogP contribution in [0, 0.1) is 11.6 Å². The minimum Gasteiger partial charge on any atom is -0.479 e. The third-order valence-corrected chi connectivity index (χ3v) is 4.43. The van der Waals surface area contributed by atoms with Crippen molar-refractivity contribution in [2.45, 2.75) is 44.3 Å². The predicted molar refractivity (Wildman–Crippen MR) is 87.6 cm³/mol. The normalized spacial score (nSPS) is 16.3. The highest BCUT2D eigenvalue weighted by Crippen LogP contribution is 2.27. The van der Waals surface area contributed by atoms with Crippen LogP contribution < -0.4 is 10.1 Å². The van der Waals surface area contributed by atoms with Crippen LogP contribution in [0.2, 0.25) is 0 Å². The smallest absolute Gasteiger partial charge is 0.273 e. The summed E-state index contributed by atoms with van der Waals surface area (Å²) >= 11 is 0. The van der Waals surface area contributed by atoms with E-state index in [2.05, 4.69) is 10.5 Å². The van der Waals surface area contributed by atoms with Crippen LogP contribution in [0.5, 0.6) is 5.75 Å². The summed E-state index contributed by atoms with van der Waals surface area (Å²) in [6.07, 6.45) is 4.26. The fourth-order valence-electron chi connectivity index (χ4n) is 2.97. The quantitative estimate of drug-likeness (QED) is 0.821. The van der Waals surface area contributed by atoms with Crippen molar-refractivity contribution in [3.8, 4) is 5.75 Å². The molecule has 0 saturated heterocycles. The summed E-state index contributed by atoms with van der Waals surface area (Å²) in [6.45, 7) is -0.132. The first-order valence-corrected chi connectivity index (χ1v) is 8.50. The number of aromatic nitrogens is 1. The molecule has 3 rings (SSSR count). The number of aliphatic hydroxyl groups is 1. The Hall–Kier alpha value is -2.48. The maximum atomic E-state index is 13.5. The van der Waals surface area contributed by atoms with Crippen LogP contribution in [-0.2, 0) is 6.61 Å². The number of carbonyl (C=O) groups is 1. The molecule has 26 heavy (non-hydrogen) atoms. The fraction of sp³-hybridized carbons (Fsp3) is 0.444. The second-order valence-electron chi connectivity index (χ2n) is 6.49. The molecule has 2 N–H and O–H groups in total. The van der Waals surface area contributed by atoms with E-state index in [1.807, 2.05) is 0 Å². The zero-order valence-corrected chi connectivity index (χ0v) is 14.1. The Morgan fingerprint density at radius 2 is 1.96 bits per heavy atom. The van der Waals surface area contributed by atoms with E-state index < -0.39 is 28.9 Å². The van der Waals surface area contributed by atoms with Gasteiger partial charge in [-0.2, -0.15) is 0 Å². The van der Waals surface area contributed by atoms with Crippen LogP contribution in [0.25, 0.3) is 0 Å². The summed E-state index contributed by atoms with van der Waals surface area (Å²) in [5.41, 5.74) is -0.872. The van der Waals surface area contributed by atoms with Gasteiger partial charge in [-0.15, -0.1) is 0 Å². The number of ether oxygens (including phenoxy) is 1. The summed E-state index contributed by atoms with van der Waals surface area (Å²) in [5.74, 6) is -2.52. The number of amides is 1. The van der Waals surface area contributed by atoms with E-state index in [-0.39, 0.29) is 24.6 Å². The van der Waals surface area contributed by atoms with Crippen LogP contribution in [0.15, 0.2) is 28.8 Å². The fourth-order valence-corrected chi connectivity index (χ4v) is 2.97. The lowest BCUT2D eigenvalue weighted by atomic mass is 9.85. The van der Waals surface area contributed by atoms with E-state index in [0.29, 0.717) is 12.8 Å². The van der Waals surface area contributed by atoms with Gasteiger partial charge in [-0.3, -0.25) is 4.79 Å². The zero-order valence-electron chi connectivity index (χ0n) is 14.1. The van der Waals surface area contributed by atoms with Gasteiger partial charge >= 0.3 is 0 Å². The van der Waals surface area contributed by atoms with Crippen molar-refractivity contribution in [1.82, 2.24) is 10.5 Å². The van der Waals surface area contributed by atoms with Crippen LogP contribution in [-0.4, -0.2) is 28.3 Å². The average Bonchev–Trinajstić information content (AvgIpc) is 3.09. The third-order valence-electron chi connectivity index (χ3n) is 4.43. The van der Waals surface area contributed by atoms with Gasteiger partial charge in [0.15, 0.2) is 28.8 Å². The number of halogens is 2. The first-order valence-electron chi connectivity index (χ1n) is 8.50. The van der Waals surface area contributed by atoms with Crippen molar-refractivity contribution < 1.29 is 27.9 Å². The topological polar surface area (TPSA) is 84.6 Å². The van der Waals surface area contributed by atoms with Crippen LogP contribution >= 0.6 is 0 Å². The molecule has 0 spiro atoms. The Morgan fingerprint density at radius 1 is 1.27 bits per heavy atom. The molecule has 140 valence electrons. The monoisotopic (exact) mass is 366 g/mol. The average molecular weight is 366 g/mol. The van der Waals surface area contributed by atoms with E-state index in [1.165, 1.54) is 12.1 Å². The van der Waals surface area contributed by atoms with Crippen LogP contribution in [0.3, 0.4) is 0 Å². The zero-order chi connectivity index (χ0) is 18.6. The first kappa shape index (κ1) is 18.3. The third kappa shape index (κ3) is 4.37. The van der Waals surface area contributed by atoms with Crippen molar-refractivity contribution >= 4 is 5.91 Å². The number of hydrogen-bond donors (Lipinski definition) is 2. The van der Waals surface area contributed by atoms with Gasteiger partial charge in [0.05, 0.1) is 5.60 Å². The van der Waals surface area contributed by atoms with Gasteiger partial charge in [-0.25, -0.2) is 8.78 Å². The number of hydrogen-bond acceptors (Lipinski definition) is 5. The molecule has 0 bridgehead atoms. The van der Waals surface area contributed by atoms with E-state index >= 15 is 0 Å². The predicted octanol–water partition coefficient (Wildman–Crippen LogP) is 2.96. The molecule has 6 nitrogen and oxygen atoms in total. The van der Waals surface area contributed by atoms with Gasteiger partial charge in [0.2, 0.25) is 0 Å². The minimum absolute atomic E-state index is 0.0111. The molecule has 1 saturated carbocycles. The largest absolute Gasteiger partial charge is 0.479 e. The molecule has 1 aliphatic rings. The molecular formula is C18H20F2N2O4. The lowest BCUT2D eigenvalue weighted by Crippen LogP contribution is -2.44. The second-order valence-corrected chi connectivity index (χ2v) is 6.49. The molecule has 0 atom stereocenters. The molecular weight excluding hydrogens is 346 g/mol. The maximum Gasteiger partial charge on any atom is 0.273 e. The number of rotatable bonds is 6. The number of nitrogens with zero attached hydrogens (tertiary/aromatic N) is 1. The molecule has 1 aliphatic carbocycles. The molecule has 0 aliphatic heterocycles. The molecule has 1 aromatic carbocycles. The Balaban J connectivity index is 1.54. The highest BCUT2D eigenvalue weighted by atomic mass is 19.1. The van der Waals surface area contributed by atoms with Crippen molar-refractivity contribution in [3.63, 3.8) is 0 Å². The van der Waals surface area contributed by atoms with Gasteiger partial charge in [0.1, 0.15) is 6.61 Å². The van der Waals surface area contributed by atoms with Gasteiger partial charge in [-0.1, -0.05) is 30.5 Å². The number of nitrogens with one attached hydrogen (secondary N) is 1. The van der Waals surface area contributed by atoms with Crippen LogP contribution in [0.1, 0.15) is 48.4 Å². The van der Waals surface area contributed by atoms with E-state index in [0.717, 1.165) is 31.4 Å². The molecule has 0 radical (unpaired) electrons. The Morgan fingerprint density at radius 3 is 2.65 bits per heavy atom. The van der Waals surface area contributed by atoms with E-state index in [1.54, 1.807) is 0 Å². The molecule has 2 aromatic rings. The Bertz CT molecular complexity index is 752. The van der Waals surface area contributed by atoms with Gasteiger partial charge < -0.3 is 19.7 Å². The highest BCUT2D eigenvalue weighted by molar-refractivity contribution is 5.92. The van der Waals surface area contributed by atoms with Gasteiger partial charge in [0.25, 0.3) is 5.91 Å². The Labute approximate surface area is 149 Å². The van der Waals surface area contributed by atoms with E-state index in [4.69, 9.17) is 9.26 Å². The first-order chi connectivity index (χ1) is 12.5. The number of benzene rings is 1. The van der Waals surface area contributed by atoms with Gasteiger partial charge in [-0.05, 0) is 25.0 Å². The molecule has 0 unspecified atom stereocenters. The maximum absolute atomic E-state index is 13.5. The summed E-state index contributed by atoms with van der Waals surface area (Å²) in [7, 11) is 0. The Kier molecular flexibility index (Phi) is 5.51.